The van der Waals surface area contributed by atoms with Gasteiger partial charge in [-0.1, -0.05) is 41.9 Å². The second kappa shape index (κ2) is 8.08. The van der Waals surface area contributed by atoms with Gasteiger partial charge in [0, 0.05) is 32.5 Å². The first-order valence-electron chi connectivity index (χ1n) is 10.1. The Morgan fingerprint density at radius 2 is 1.71 bits per heavy atom. The molecule has 1 atom stereocenters. The van der Waals surface area contributed by atoms with Crippen molar-refractivity contribution in [3.63, 3.8) is 0 Å². The van der Waals surface area contributed by atoms with E-state index in [0.717, 1.165) is 38.6 Å². The molecule has 1 aromatic heterocycles. The minimum atomic E-state index is -0.891. The molecule has 0 radical (unpaired) electrons. The van der Waals surface area contributed by atoms with E-state index in [1.807, 2.05) is 66.9 Å². The van der Waals surface area contributed by atoms with Crippen LogP contribution in [0.5, 0.6) is 0 Å². The average Bonchev–Trinajstić information content (AvgIpc) is 3.02. The van der Waals surface area contributed by atoms with Crippen molar-refractivity contribution in [2.45, 2.75) is 33.2 Å². The van der Waals surface area contributed by atoms with Crippen molar-refractivity contribution in [1.29, 1.82) is 0 Å². The Morgan fingerprint density at radius 1 is 1.00 bits per heavy atom. The highest BCUT2D eigenvalue weighted by molar-refractivity contribution is 6.32. The molecule has 0 aliphatic rings. The topological polar surface area (TPSA) is 71.3 Å². The Bertz CT molecular complexity index is 1320. The lowest BCUT2D eigenvalue weighted by molar-refractivity contribution is -0.138. The van der Waals surface area contributed by atoms with Crippen LogP contribution in [-0.4, -0.2) is 21.6 Å². The average molecular weight is 435 g/mol. The van der Waals surface area contributed by atoms with Crippen LogP contribution < -0.4 is 5.32 Å². The molecule has 5 nitrogen and oxygen atoms in total. The number of fused-ring (bicyclic) bond motifs is 3. The number of para-hydroxylation sites is 1. The quantitative estimate of drug-likeness (QED) is 0.411. The molecule has 158 valence electrons. The van der Waals surface area contributed by atoms with Gasteiger partial charge >= 0.3 is 5.97 Å². The van der Waals surface area contributed by atoms with Crippen LogP contribution in [-0.2, 0) is 16.1 Å². The number of carbonyl (C=O) groups excluding carboxylic acids is 1. The molecule has 2 N–H and O–H groups in total. The number of halogens is 1. The van der Waals surface area contributed by atoms with E-state index in [0.29, 0.717) is 10.6 Å². The third-order valence-corrected chi connectivity index (χ3v) is 6.00. The van der Waals surface area contributed by atoms with E-state index in [9.17, 15) is 14.7 Å². The normalized spacial score (nSPS) is 12.3. The van der Waals surface area contributed by atoms with Crippen molar-refractivity contribution in [3.8, 4) is 0 Å². The number of carboxylic acids is 1. The van der Waals surface area contributed by atoms with Gasteiger partial charge in [-0.25, -0.2) is 0 Å². The van der Waals surface area contributed by atoms with E-state index in [1.165, 1.54) is 0 Å². The smallest absolute Gasteiger partial charge is 0.310 e. The number of carbonyl (C=O) groups is 2. The molecule has 0 bridgehead atoms. The zero-order valence-electron chi connectivity index (χ0n) is 17.6. The number of carboxylic acid groups (broad SMARTS) is 1. The molecule has 0 saturated carbocycles. The van der Waals surface area contributed by atoms with Gasteiger partial charge < -0.3 is 15.0 Å². The second-order valence-electron chi connectivity index (χ2n) is 7.90. The van der Waals surface area contributed by atoms with E-state index < -0.39 is 11.9 Å². The minimum Gasteiger partial charge on any atom is -0.481 e. The van der Waals surface area contributed by atoms with Crippen molar-refractivity contribution in [2.24, 2.45) is 0 Å². The maximum atomic E-state index is 13.0. The SMILES string of the molecule is Cc1cccc(C)c1NC(=O)Cn1c2ccc(Cl)cc2c2ccc([C@H](C)C(=O)O)cc21. The fraction of sp³-hybridized carbons (Fsp3) is 0.200. The van der Waals surface area contributed by atoms with Crippen molar-refractivity contribution in [3.05, 3.63) is 76.3 Å². The number of nitrogens with one attached hydrogen (secondary N) is 1. The molecule has 6 heteroatoms. The summed E-state index contributed by atoms with van der Waals surface area (Å²) in [6.45, 7) is 5.68. The number of aromatic nitrogens is 1. The standard InChI is InChI=1S/C25H23ClN2O3/c1-14-5-4-6-15(2)24(14)27-23(29)13-28-21-10-8-18(26)12-20(21)19-9-7-17(11-22(19)28)16(3)25(30)31/h4-12,16H,13H2,1-3H3,(H,27,29)(H,30,31)/t16-/m0/s1. The van der Waals surface area contributed by atoms with Gasteiger partial charge in [-0.15, -0.1) is 0 Å². The Labute approximate surface area is 185 Å². The van der Waals surface area contributed by atoms with Crippen LogP contribution in [0, 0.1) is 13.8 Å². The molecule has 1 heterocycles. The van der Waals surface area contributed by atoms with Crippen molar-refractivity contribution < 1.29 is 14.7 Å². The highest BCUT2D eigenvalue weighted by atomic mass is 35.5. The molecule has 0 fully saturated rings. The molecule has 3 aromatic carbocycles. The Hall–Kier alpha value is -3.31. The minimum absolute atomic E-state index is 0.0975. The summed E-state index contributed by atoms with van der Waals surface area (Å²) in [6, 6.07) is 17.0. The van der Waals surface area contributed by atoms with E-state index in [1.54, 1.807) is 13.0 Å². The number of rotatable bonds is 5. The first-order valence-corrected chi connectivity index (χ1v) is 10.4. The van der Waals surface area contributed by atoms with Gasteiger partial charge in [0.15, 0.2) is 0 Å². The number of amides is 1. The zero-order chi connectivity index (χ0) is 22.3. The molecule has 1 amide bonds. The number of benzene rings is 3. The van der Waals surface area contributed by atoms with Crippen molar-refractivity contribution >= 4 is 51.0 Å². The fourth-order valence-corrected chi connectivity index (χ4v) is 4.18. The van der Waals surface area contributed by atoms with Crippen molar-refractivity contribution in [1.82, 2.24) is 4.57 Å². The first-order chi connectivity index (χ1) is 14.8. The fourth-order valence-electron chi connectivity index (χ4n) is 4.01. The number of nitrogens with zero attached hydrogens (tertiary/aromatic N) is 1. The molecule has 31 heavy (non-hydrogen) atoms. The summed E-state index contributed by atoms with van der Waals surface area (Å²) in [5.41, 5.74) is 5.18. The largest absolute Gasteiger partial charge is 0.481 e. The van der Waals surface area contributed by atoms with Crippen LogP contribution >= 0.6 is 11.6 Å². The van der Waals surface area contributed by atoms with Gasteiger partial charge in [0.2, 0.25) is 5.91 Å². The van der Waals surface area contributed by atoms with Gasteiger partial charge in [-0.2, -0.15) is 0 Å². The molecule has 0 saturated heterocycles. The number of aliphatic carboxylic acids is 1. The van der Waals surface area contributed by atoms with Crippen LogP contribution in [0.3, 0.4) is 0 Å². The molecule has 0 aliphatic heterocycles. The van der Waals surface area contributed by atoms with Crippen LogP contribution in [0.2, 0.25) is 5.02 Å². The Kier molecular flexibility index (Phi) is 5.46. The summed E-state index contributed by atoms with van der Waals surface area (Å²) < 4.78 is 1.92. The van der Waals surface area contributed by atoms with E-state index in [4.69, 9.17) is 11.6 Å². The molecule has 0 aliphatic carbocycles. The van der Waals surface area contributed by atoms with Crippen molar-refractivity contribution in [2.75, 3.05) is 5.32 Å². The van der Waals surface area contributed by atoms with E-state index in [-0.39, 0.29) is 12.5 Å². The molecule has 4 rings (SSSR count). The van der Waals surface area contributed by atoms with Gasteiger partial charge in [0.05, 0.1) is 5.92 Å². The summed E-state index contributed by atoms with van der Waals surface area (Å²) >= 11 is 6.23. The number of aryl methyl sites for hydroxylation is 2. The Morgan fingerprint density at radius 3 is 2.39 bits per heavy atom. The summed E-state index contributed by atoms with van der Waals surface area (Å²) in [5.74, 6) is -1.69. The summed E-state index contributed by atoms with van der Waals surface area (Å²) in [7, 11) is 0. The molecule has 0 unspecified atom stereocenters. The lowest BCUT2D eigenvalue weighted by Crippen LogP contribution is -2.19. The lowest BCUT2D eigenvalue weighted by Gasteiger charge is -2.13. The third-order valence-electron chi connectivity index (χ3n) is 5.77. The molecule has 0 spiro atoms. The van der Waals surface area contributed by atoms with Crippen LogP contribution in [0.4, 0.5) is 5.69 Å². The highest BCUT2D eigenvalue weighted by Crippen LogP contribution is 2.33. The van der Waals surface area contributed by atoms with Gasteiger partial charge in [0.25, 0.3) is 0 Å². The molecule has 4 aromatic rings. The summed E-state index contributed by atoms with van der Waals surface area (Å²) in [4.78, 5) is 24.5. The summed E-state index contributed by atoms with van der Waals surface area (Å²) in [6.07, 6.45) is 0. The lowest BCUT2D eigenvalue weighted by atomic mass is 10.00. The molecular formula is C25H23ClN2O3. The molecular weight excluding hydrogens is 412 g/mol. The third kappa shape index (κ3) is 3.89. The maximum absolute atomic E-state index is 13.0. The van der Waals surface area contributed by atoms with Crippen LogP contribution in [0.1, 0.15) is 29.5 Å². The van der Waals surface area contributed by atoms with Crippen LogP contribution in [0.15, 0.2) is 54.6 Å². The number of anilines is 1. The summed E-state index contributed by atoms with van der Waals surface area (Å²) in [5, 5.41) is 14.9. The van der Waals surface area contributed by atoms with E-state index in [2.05, 4.69) is 5.32 Å². The highest BCUT2D eigenvalue weighted by Gasteiger charge is 2.19. The monoisotopic (exact) mass is 434 g/mol. The second-order valence-corrected chi connectivity index (χ2v) is 8.34. The first kappa shape index (κ1) is 20.9. The van der Waals surface area contributed by atoms with Gasteiger partial charge in [0.1, 0.15) is 6.54 Å². The van der Waals surface area contributed by atoms with Gasteiger partial charge in [-0.05, 0) is 61.7 Å². The predicted molar refractivity (Wildman–Crippen MR) is 125 cm³/mol. The Balaban J connectivity index is 1.81. The zero-order valence-corrected chi connectivity index (χ0v) is 18.3. The van der Waals surface area contributed by atoms with Gasteiger partial charge in [-0.3, -0.25) is 9.59 Å². The van der Waals surface area contributed by atoms with E-state index >= 15 is 0 Å². The maximum Gasteiger partial charge on any atom is 0.310 e. The van der Waals surface area contributed by atoms with Crippen LogP contribution in [0.25, 0.3) is 21.8 Å². The predicted octanol–water partition coefficient (Wildman–Crippen LogP) is 5.89. The number of hydrogen-bond acceptors (Lipinski definition) is 2. The number of hydrogen-bond donors (Lipinski definition) is 2.